The van der Waals surface area contributed by atoms with E-state index in [0.717, 1.165) is 10.9 Å². The highest BCUT2D eigenvalue weighted by Crippen LogP contribution is 2.23. The molecule has 4 rings (SSSR count). The second kappa shape index (κ2) is 6.52. The van der Waals surface area contributed by atoms with E-state index in [-0.39, 0.29) is 6.04 Å². The summed E-state index contributed by atoms with van der Waals surface area (Å²) in [7, 11) is 0. The highest BCUT2D eigenvalue weighted by Gasteiger charge is 2.15. The van der Waals surface area contributed by atoms with E-state index in [1.165, 1.54) is 4.68 Å². The Morgan fingerprint density at radius 3 is 2.85 bits per heavy atom. The molecule has 0 radical (unpaired) electrons. The lowest BCUT2D eigenvalue weighted by molar-refractivity contribution is 0.252. The third kappa shape index (κ3) is 2.99. The Morgan fingerprint density at radius 2 is 2.04 bits per heavy atom. The second-order valence-corrected chi connectivity index (χ2v) is 6.36. The largest absolute Gasteiger partial charge is 0.382 e. The number of rotatable bonds is 3. The van der Waals surface area contributed by atoms with E-state index in [4.69, 9.17) is 5.73 Å². The summed E-state index contributed by atoms with van der Waals surface area (Å²) in [6, 6.07) is 8.86. The van der Waals surface area contributed by atoms with Crippen LogP contribution in [0.25, 0.3) is 22.3 Å². The van der Waals surface area contributed by atoms with Crippen molar-refractivity contribution >= 4 is 28.4 Å². The summed E-state index contributed by atoms with van der Waals surface area (Å²) in [5, 5.41) is 15.8. The number of fused-ring (bicyclic) bond motifs is 1. The molecule has 136 valence electrons. The molecule has 0 saturated carbocycles. The highest BCUT2D eigenvalue weighted by molar-refractivity contribution is 6.00. The van der Waals surface area contributed by atoms with Gasteiger partial charge in [-0.2, -0.15) is 4.68 Å². The molecule has 0 saturated heterocycles. The first kappa shape index (κ1) is 16.7. The second-order valence-electron chi connectivity index (χ2n) is 6.36. The molecule has 27 heavy (non-hydrogen) atoms. The quantitative estimate of drug-likeness (QED) is 0.579. The zero-order valence-electron chi connectivity index (χ0n) is 14.9. The molecule has 3 heterocycles. The predicted molar refractivity (Wildman–Crippen MR) is 102 cm³/mol. The van der Waals surface area contributed by atoms with Crippen molar-refractivity contribution in [3.8, 4) is 11.4 Å². The number of nitrogens with one attached hydrogen (secondary N) is 1. The van der Waals surface area contributed by atoms with E-state index >= 15 is 0 Å². The van der Waals surface area contributed by atoms with Crippen molar-refractivity contribution in [2.24, 2.45) is 0 Å². The number of nitrogens with two attached hydrogens (primary N) is 1. The maximum absolute atomic E-state index is 12.7. The molecule has 0 bridgehead atoms. The lowest BCUT2D eigenvalue weighted by Gasteiger charge is -2.11. The molecular weight excluding hydrogens is 344 g/mol. The molecule has 0 atom stereocenters. The fourth-order valence-corrected chi connectivity index (χ4v) is 2.88. The average Bonchev–Trinajstić information content (AvgIpc) is 3.28. The number of carbonyl (C=O) groups is 1. The number of para-hydroxylation sites is 1. The smallest absolute Gasteiger partial charge is 0.347 e. The number of hydrogen-bond donors (Lipinski definition) is 2. The van der Waals surface area contributed by atoms with Gasteiger partial charge in [0.25, 0.3) is 0 Å². The lowest BCUT2D eigenvalue weighted by atomic mass is 10.2. The monoisotopic (exact) mass is 362 g/mol. The molecule has 1 amide bonds. The number of carbonyl (C=O) groups excluding carboxylic acids is 1. The Hall–Kier alpha value is -3.75. The van der Waals surface area contributed by atoms with Gasteiger partial charge in [-0.05, 0) is 32.0 Å². The van der Waals surface area contributed by atoms with Crippen LogP contribution in [-0.4, -0.2) is 35.6 Å². The standard InChI is InChI=1S/C18H18N8O/c1-11(2)25-10-21-23-17(25)12-7-13(9-20-8-12)22-18(27)26-15-6-4-3-5-14(15)16(19)24-26/h3-11H,1-2H3,(H2,19,24)(H,22,27). The van der Waals surface area contributed by atoms with Crippen molar-refractivity contribution < 1.29 is 4.79 Å². The first-order valence-corrected chi connectivity index (χ1v) is 8.44. The van der Waals surface area contributed by atoms with Gasteiger partial charge in [-0.15, -0.1) is 15.3 Å². The Bertz CT molecular complexity index is 1130. The Labute approximate surface area is 154 Å². The summed E-state index contributed by atoms with van der Waals surface area (Å²) >= 11 is 0. The van der Waals surface area contributed by atoms with Gasteiger partial charge < -0.3 is 15.6 Å². The van der Waals surface area contributed by atoms with Crippen LogP contribution in [-0.2, 0) is 0 Å². The number of hydrogen-bond acceptors (Lipinski definition) is 6. The summed E-state index contributed by atoms with van der Waals surface area (Å²) in [4.78, 5) is 16.9. The molecule has 0 unspecified atom stereocenters. The lowest BCUT2D eigenvalue weighted by Crippen LogP contribution is -2.20. The van der Waals surface area contributed by atoms with Crippen LogP contribution in [0.3, 0.4) is 0 Å². The minimum Gasteiger partial charge on any atom is -0.382 e. The summed E-state index contributed by atoms with van der Waals surface area (Å²) in [5.41, 5.74) is 7.81. The van der Waals surface area contributed by atoms with Gasteiger partial charge in [0.15, 0.2) is 11.6 Å². The topological polar surface area (TPSA) is 117 Å². The van der Waals surface area contributed by atoms with Crippen LogP contribution in [0.15, 0.2) is 49.1 Å². The Kier molecular flexibility index (Phi) is 4.03. The van der Waals surface area contributed by atoms with E-state index in [2.05, 4.69) is 25.6 Å². The Balaban J connectivity index is 1.65. The van der Waals surface area contributed by atoms with Gasteiger partial charge in [0.2, 0.25) is 0 Å². The molecule has 0 aliphatic heterocycles. The average molecular weight is 362 g/mol. The van der Waals surface area contributed by atoms with Crippen molar-refractivity contribution in [3.63, 3.8) is 0 Å². The highest BCUT2D eigenvalue weighted by atomic mass is 16.2. The van der Waals surface area contributed by atoms with Gasteiger partial charge in [-0.25, -0.2) is 4.79 Å². The zero-order valence-corrected chi connectivity index (χ0v) is 14.9. The van der Waals surface area contributed by atoms with Crippen LogP contribution in [0.2, 0.25) is 0 Å². The van der Waals surface area contributed by atoms with Crippen LogP contribution in [0.1, 0.15) is 19.9 Å². The summed E-state index contributed by atoms with van der Waals surface area (Å²) < 4.78 is 3.18. The minimum absolute atomic E-state index is 0.201. The van der Waals surface area contributed by atoms with Gasteiger partial charge >= 0.3 is 6.03 Å². The zero-order chi connectivity index (χ0) is 19.0. The SMILES string of the molecule is CC(C)n1cnnc1-c1cncc(NC(=O)n2nc(N)c3ccccc32)c1. The molecular formula is C18H18N8O. The molecule has 0 spiro atoms. The Morgan fingerprint density at radius 1 is 1.22 bits per heavy atom. The van der Waals surface area contributed by atoms with Crippen molar-refractivity contribution in [3.05, 3.63) is 49.1 Å². The van der Waals surface area contributed by atoms with Crippen LogP contribution in [0.5, 0.6) is 0 Å². The van der Waals surface area contributed by atoms with E-state index in [1.54, 1.807) is 30.9 Å². The summed E-state index contributed by atoms with van der Waals surface area (Å²) in [5.74, 6) is 0.986. The first-order valence-electron chi connectivity index (χ1n) is 8.44. The summed E-state index contributed by atoms with van der Waals surface area (Å²) in [6.45, 7) is 4.08. The molecule has 1 aromatic carbocycles. The molecule has 3 aromatic heterocycles. The van der Waals surface area contributed by atoms with E-state index in [9.17, 15) is 4.79 Å². The predicted octanol–water partition coefficient (Wildman–Crippen LogP) is 2.93. The number of amides is 1. The first-order chi connectivity index (χ1) is 13.0. The van der Waals surface area contributed by atoms with Crippen LogP contribution < -0.4 is 11.1 Å². The van der Waals surface area contributed by atoms with E-state index in [1.807, 2.05) is 36.6 Å². The molecule has 0 fully saturated rings. The third-order valence-corrected chi connectivity index (χ3v) is 4.19. The number of anilines is 2. The number of nitrogens with zero attached hydrogens (tertiary/aromatic N) is 6. The van der Waals surface area contributed by atoms with Crippen LogP contribution in [0.4, 0.5) is 16.3 Å². The normalized spacial score (nSPS) is 11.2. The van der Waals surface area contributed by atoms with Crippen molar-refractivity contribution in [2.75, 3.05) is 11.1 Å². The molecule has 3 N–H and O–H groups in total. The van der Waals surface area contributed by atoms with Gasteiger partial charge in [0.1, 0.15) is 6.33 Å². The van der Waals surface area contributed by atoms with Gasteiger partial charge in [0.05, 0.1) is 17.4 Å². The minimum atomic E-state index is -0.424. The fourth-order valence-electron chi connectivity index (χ4n) is 2.88. The maximum Gasteiger partial charge on any atom is 0.347 e. The van der Waals surface area contributed by atoms with Crippen LogP contribution in [0, 0.1) is 0 Å². The molecule has 4 aromatic rings. The molecule has 0 aliphatic carbocycles. The molecule has 9 heteroatoms. The number of nitrogen functional groups attached to an aromatic ring is 1. The van der Waals surface area contributed by atoms with Gasteiger partial charge in [-0.1, -0.05) is 12.1 Å². The third-order valence-electron chi connectivity index (χ3n) is 4.19. The van der Waals surface area contributed by atoms with Crippen molar-refractivity contribution in [1.29, 1.82) is 0 Å². The van der Waals surface area contributed by atoms with Crippen molar-refractivity contribution in [2.45, 2.75) is 19.9 Å². The van der Waals surface area contributed by atoms with Gasteiger partial charge in [-0.3, -0.25) is 4.98 Å². The van der Waals surface area contributed by atoms with Crippen molar-refractivity contribution in [1.82, 2.24) is 29.5 Å². The van der Waals surface area contributed by atoms with Crippen LogP contribution >= 0.6 is 0 Å². The van der Waals surface area contributed by atoms with Gasteiger partial charge in [0, 0.05) is 23.2 Å². The summed E-state index contributed by atoms with van der Waals surface area (Å²) in [6.07, 6.45) is 4.91. The van der Waals surface area contributed by atoms with E-state index in [0.29, 0.717) is 22.8 Å². The van der Waals surface area contributed by atoms with E-state index < -0.39 is 6.03 Å². The number of benzene rings is 1. The molecule has 0 aliphatic rings. The fraction of sp³-hybridized carbons (Fsp3) is 0.167. The number of aromatic nitrogens is 6. The molecule has 9 nitrogen and oxygen atoms in total. The number of pyridine rings is 1. The maximum atomic E-state index is 12.7.